The first-order valence-corrected chi connectivity index (χ1v) is 5.98. The molecular formula is C18H19IrN2-. The first-order chi connectivity index (χ1) is 8.86. The molecule has 0 aliphatic heterocycles. The smallest absolute Gasteiger partial charge is 0.0840 e. The zero-order valence-electron chi connectivity index (χ0n) is 10.3. The van der Waals surface area contributed by atoms with Gasteiger partial charge in [-0.1, -0.05) is 49.9 Å². The van der Waals surface area contributed by atoms with Gasteiger partial charge in [0.2, 0.25) is 0 Å². The Hall–Kier alpha value is -1.70. The monoisotopic (exact) mass is 456 g/mol. The molecule has 0 N–H and O–H groups in total. The molecule has 0 spiro atoms. The van der Waals surface area contributed by atoms with E-state index in [4.69, 9.17) is 0 Å². The van der Waals surface area contributed by atoms with Crippen LogP contribution < -0.4 is 0 Å². The van der Waals surface area contributed by atoms with E-state index in [-0.39, 0.29) is 35.0 Å². The largest absolute Gasteiger partial charge is 0.342 e. The Kier molecular flexibility index (Phi) is 5.27. The maximum absolute atomic E-state index is 4.53. The summed E-state index contributed by atoms with van der Waals surface area (Å²) in [6, 6.07) is 17.9. The van der Waals surface area contributed by atoms with Crippen molar-refractivity contribution in [3.8, 4) is 0 Å². The molecule has 1 aromatic heterocycles. The Bertz CT molecular complexity index is 894. The molecule has 0 saturated heterocycles. The zero-order valence-corrected chi connectivity index (χ0v) is 12.7. The van der Waals surface area contributed by atoms with E-state index < -0.39 is 0 Å². The van der Waals surface area contributed by atoms with E-state index in [1.165, 1.54) is 21.7 Å². The van der Waals surface area contributed by atoms with Gasteiger partial charge in [0.1, 0.15) is 0 Å². The third-order valence-electron chi connectivity index (χ3n) is 3.50. The summed E-state index contributed by atoms with van der Waals surface area (Å²) >= 11 is 0. The maximum atomic E-state index is 4.53. The van der Waals surface area contributed by atoms with Gasteiger partial charge in [0, 0.05) is 38.2 Å². The molecule has 0 amide bonds. The number of fused-ring (bicyclic) bond motifs is 6. The van der Waals surface area contributed by atoms with E-state index >= 15 is 0 Å². The van der Waals surface area contributed by atoms with Crippen LogP contribution in [-0.4, -0.2) is 9.55 Å². The first-order valence-electron chi connectivity index (χ1n) is 5.98. The number of imidazole rings is 1. The van der Waals surface area contributed by atoms with Gasteiger partial charge >= 0.3 is 0 Å². The van der Waals surface area contributed by atoms with Crippen LogP contribution >= 0.6 is 0 Å². The van der Waals surface area contributed by atoms with Gasteiger partial charge in [-0.15, -0.1) is 29.7 Å². The van der Waals surface area contributed by atoms with Crippen molar-refractivity contribution in [2.24, 2.45) is 7.05 Å². The average Bonchev–Trinajstić information content (AvgIpc) is 2.82. The molecule has 3 aromatic carbocycles. The van der Waals surface area contributed by atoms with Gasteiger partial charge < -0.3 is 4.57 Å². The van der Waals surface area contributed by atoms with Gasteiger partial charge in [0.15, 0.2) is 0 Å². The molecule has 1 heterocycles. The predicted octanol–water partition coefficient (Wildman–Crippen LogP) is 4.95. The van der Waals surface area contributed by atoms with Crippen LogP contribution in [0.3, 0.4) is 0 Å². The van der Waals surface area contributed by atoms with E-state index in [1.807, 2.05) is 25.5 Å². The van der Waals surface area contributed by atoms with Gasteiger partial charge in [-0.3, -0.25) is 4.98 Å². The van der Waals surface area contributed by atoms with Crippen molar-refractivity contribution in [1.82, 2.24) is 9.55 Å². The summed E-state index contributed by atoms with van der Waals surface area (Å²) in [5.41, 5.74) is 2.22. The van der Waals surface area contributed by atoms with Crippen LogP contribution in [0.4, 0.5) is 0 Å². The van der Waals surface area contributed by atoms with Gasteiger partial charge in [0.25, 0.3) is 0 Å². The molecule has 0 unspecified atom stereocenters. The molecule has 0 fully saturated rings. The second-order valence-corrected chi connectivity index (χ2v) is 4.56. The van der Waals surface area contributed by atoms with Crippen molar-refractivity contribution < 1.29 is 20.1 Å². The number of rotatable bonds is 0. The normalized spacial score (nSPS) is 9.95. The molecule has 111 valence electrons. The number of hydrogen-bond donors (Lipinski definition) is 0. The number of aryl methyl sites for hydroxylation is 1. The van der Waals surface area contributed by atoms with Gasteiger partial charge in [-0.2, -0.15) is 0 Å². The van der Waals surface area contributed by atoms with Crippen LogP contribution in [0.2, 0.25) is 0 Å². The van der Waals surface area contributed by atoms with E-state index in [0.29, 0.717) is 0 Å². The Morgan fingerprint density at radius 2 is 1.62 bits per heavy atom. The van der Waals surface area contributed by atoms with Crippen LogP contribution in [0.25, 0.3) is 32.6 Å². The molecule has 2 nitrogen and oxygen atoms in total. The summed E-state index contributed by atoms with van der Waals surface area (Å²) in [4.78, 5) is 4.53. The quantitative estimate of drug-likeness (QED) is 0.271. The second-order valence-electron chi connectivity index (χ2n) is 4.56. The molecule has 0 atom stereocenters. The van der Waals surface area contributed by atoms with Crippen molar-refractivity contribution in [3.05, 3.63) is 54.9 Å². The van der Waals surface area contributed by atoms with E-state index in [2.05, 4.69) is 45.9 Å². The Balaban J connectivity index is 0.000000735. The van der Waals surface area contributed by atoms with Crippen LogP contribution in [0.15, 0.2) is 48.8 Å². The number of aromatic nitrogens is 2. The van der Waals surface area contributed by atoms with Crippen LogP contribution in [0, 0.1) is 6.07 Å². The maximum Gasteiger partial charge on any atom is 0.0840 e. The van der Waals surface area contributed by atoms with Crippen LogP contribution in [0.5, 0.6) is 0 Å². The van der Waals surface area contributed by atoms with E-state index in [0.717, 1.165) is 10.9 Å². The SMILES string of the molecule is C.C.Cn1cnc2c3[c-]cccc3c3ccccc3c21.[Ir]. The third kappa shape index (κ3) is 2.37. The molecule has 1 radical (unpaired) electrons. The summed E-state index contributed by atoms with van der Waals surface area (Å²) in [6.07, 6.45) is 1.87. The molecule has 3 heteroatoms. The Morgan fingerprint density at radius 1 is 0.952 bits per heavy atom. The standard InChI is InChI=1S/C16H11N2.2CH4.Ir/c1-18-10-17-15-13-8-4-2-6-11(13)12-7-3-5-9-14(12)16(15)18;;;/h2-7,9-10H,1H3;2*1H4;/q-1;;;. The fraction of sp³-hybridized carbons (Fsp3) is 0.167. The van der Waals surface area contributed by atoms with Gasteiger partial charge in [0.05, 0.1) is 6.33 Å². The van der Waals surface area contributed by atoms with Gasteiger partial charge in [-0.25, -0.2) is 0 Å². The third-order valence-corrected chi connectivity index (χ3v) is 3.50. The van der Waals surface area contributed by atoms with E-state index in [9.17, 15) is 0 Å². The molecule has 21 heavy (non-hydrogen) atoms. The topological polar surface area (TPSA) is 17.8 Å². The number of benzene rings is 3. The van der Waals surface area contributed by atoms with Gasteiger partial charge in [-0.05, 0) is 5.39 Å². The van der Waals surface area contributed by atoms with Crippen molar-refractivity contribution >= 4 is 32.6 Å². The molecular weight excluding hydrogens is 436 g/mol. The second kappa shape index (κ2) is 6.38. The minimum atomic E-state index is 0. The van der Waals surface area contributed by atoms with Crippen molar-refractivity contribution in [3.63, 3.8) is 0 Å². The summed E-state index contributed by atoms with van der Waals surface area (Å²) < 4.78 is 2.08. The molecule has 0 saturated carbocycles. The molecule has 0 aliphatic carbocycles. The summed E-state index contributed by atoms with van der Waals surface area (Å²) in [6.45, 7) is 0. The first kappa shape index (κ1) is 17.4. The Morgan fingerprint density at radius 3 is 2.38 bits per heavy atom. The summed E-state index contributed by atoms with van der Waals surface area (Å²) in [5, 5.41) is 4.84. The minimum Gasteiger partial charge on any atom is -0.342 e. The van der Waals surface area contributed by atoms with E-state index in [1.54, 1.807) is 0 Å². The molecule has 0 bridgehead atoms. The van der Waals surface area contributed by atoms with Crippen molar-refractivity contribution in [2.45, 2.75) is 14.9 Å². The molecule has 4 rings (SSSR count). The fourth-order valence-corrected chi connectivity index (χ4v) is 2.71. The Labute approximate surface area is 139 Å². The van der Waals surface area contributed by atoms with Crippen molar-refractivity contribution in [2.75, 3.05) is 0 Å². The average molecular weight is 456 g/mol. The fourth-order valence-electron chi connectivity index (χ4n) is 2.71. The van der Waals surface area contributed by atoms with Crippen LogP contribution in [0.1, 0.15) is 14.9 Å². The van der Waals surface area contributed by atoms with Crippen molar-refractivity contribution in [1.29, 1.82) is 0 Å². The summed E-state index contributed by atoms with van der Waals surface area (Å²) in [7, 11) is 2.04. The minimum absolute atomic E-state index is 0. The zero-order chi connectivity index (χ0) is 12.1. The number of nitrogens with zero attached hydrogens (tertiary/aromatic N) is 2. The summed E-state index contributed by atoms with van der Waals surface area (Å²) in [5.74, 6) is 0. The number of hydrogen-bond acceptors (Lipinski definition) is 1. The predicted molar refractivity (Wildman–Crippen MR) is 88.0 cm³/mol. The molecule has 4 aromatic rings. The molecule has 0 aliphatic rings. The van der Waals surface area contributed by atoms with Crippen LogP contribution in [-0.2, 0) is 27.2 Å².